The summed E-state index contributed by atoms with van der Waals surface area (Å²) in [6.07, 6.45) is -0.713. The maximum Gasteiger partial charge on any atom is 0.347 e. The largest absolute Gasteiger partial charge is 0.495 e. The van der Waals surface area contributed by atoms with Crippen LogP contribution in [0.4, 0.5) is 0 Å². The zero-order valence-electron chi connectivity index (χ0n) is 31.9. The summed E-state index contributed by atoms with van der Waals surface area (Å²) in [5, 5.41) is 16.3. The first-order valence-corrected chi connectivity index (χ1v) is 18.5. The molecular formula is C39H51Cl2N3O10V. The van der Waals surface area contributed by atoms with Crippen LogP contribution >= 0.6 is 23.2 Å². The number of amides is 2. The quantitative estimate of drug-likeness (QED) is 0.135. The number of hydrogen-bond donors (Lipinski definition) is 4. The van der Waals surface area contributed by atoms with E-state index in [9.17, 15) is 29.1 Å². The first kappa shape index (κ1) is 47.6. The van der Waals surface area contributed by atoms with Crippen molar-refractivity contribution in [3.8, 4) is 5.75 Å². The van der Waals surface area contributed by atoms with E-state index in [-0.39, 0.29) is 63.4 Å². The molecular weight excluding hydrogens is 792 g/mol. The Bertz CT molecular complexity index is 1660. The van der Waals surface area contributed by atoms with Gasteiger partial charge < -0.3 is 40.4 Å². The zero-order chi connectivity index (χ0) is 40.2. The standard InChI is InChI=1S/C39H51Cl2N3O10.V/c1-22(2)16-31-37(49)53-29(23(3)35(47)34(41)26-13-10-24(11-14-26)20-52-33(46)19-42)8-7-9-32(45)44-28(18-25-12-15-30(51-6)27(40)17-25)36(48)43-21-39(4,5)38(50)54-31;/h7,9-15,17,22-23,28-29,31,34-35,47H,8,16,18-21,42H2,1-6H3,(H,43,48)(H,44,45);/b9-7+;/t23-,28+,29?,31-,34?,35?;/m0./s1. The van der Waals surface area contributed by atoms with Gasteiger partial charge in [0, 0.05) is 43.9 Å². The molecule has 3 rings (SSSR count). The molecule has 1 radical (unpaired) electrons. The smallest absolute Gasteiger partial charge is 0.347 e. The minimum Gasteiger partial charge on any atom is -0.495 e. The maximum atomic E-state index is 13.7. The first-order valence-electron chi connectivity index (χ1n) is 17.7. The number of aliphatic hydroxyl groups excluding tert-OH is 1. The van der Waals surface area contributed by atoms with Crippen molar-refractivity contribution in [1.29, 1.82) is 0 Å². The van der Waals surface area contributed by atoms with E-state index in [1.165, 1.54) is 19.3 Å². The van der Waals surface area contributed by atoms with Crippen LogP contribution in [-0.2, 0) is 69.8 Å². The number of ether oxygens (including phenoxy) is 4. The van der Waals surface area contributed by atoms with E-state index in [1.54, 1.807) is 63.2 Å². The molecule has 0 aliphatic carbocycles. The number of methoxy groups -OCH3 is 1. The minimum absolute atomic E-state index is 0. The Morgan fingerprint density at radius 3 is 2.31 bits per heavy atom. The molecule has 16 heteroatoms. The molecule has 1 aliphatic rings. The number of esters is 3. The maximum absolute atomic E-state index is 13.7. The zero-order valence-corrected chi connectivity index (χ0v) is 34.8. The Kier molecular flexibility index (Phi) is 19.2. The normalized spacial score (nSPS) is 21.8. The summed E-state index contributed by atoms with van der Waals surface area (Å²) >= 11 is 13.1. The summed E-state index contributed by atoms with van der Waals surface area (Å²) in [6, 6.07) is 10.7. The van der Waals surface area contributed by atoms with E-state index in [4.69, 9.17) is 47.9 Å². The fourth-order valence-electron chi connectivity index (χ4n) is 5.52. The Morgan fingerprint density at radius 2 is 1.71 bits per heavy atom. The van der Waals surface area contributed by atoms with Gasteiger partial charge in [0.2, 0.25) is 11.8 Å². The molecule has 301 valence electrons. The summed E-state index contributed by atoms with van der Waals surface area (Å²) in [7, 11) is 1.48. The van der Waals surface area contributed by atoms with E-state index >= 15 is 0 Å². The van der Waals surface area contributed by atoms with Gasteiger partial charge >= 0.3 is 17.9 Å². The average Bonchev–Trinajstić information content (AvgIpc) is 3.13. The van der Waals surface area contributed by atoms with Gasteiger partial charge in [-0.15, -0.1) is 11.6 Å². The van der Waals surface area contributed by atoms with Crippen LogP contribution in [0.5, 0.6) is 5.75 Å². The van der Waals surface area contributed by atoms with Gasteiger partial charge in [0.15, 0.2) is 6.10 Å². The van der Waals surface area contributed by atoms with Crippen molar-refractivity contribution >= 4 is 52.9 Å². The third-order valence-electron chi connectivity index (χ3n) is 8.94. The Labute approximate surface area is 344 Å². The van der Waals surface area contributed by atoms with Gasteiger partial charge in [-0.1, -0.05) is 68.8 Å². The fraction of sp³-hybridized carbons (Fsp3) is 0.513. The van der Waals surface area contributed by atoms with Gasteiger partial charge in [0.05, 0.1) is 35.6 Å². The van der Waals surface area contributed by atoms with Crippen molar-refractivity contribution in [1.82, 2.24) is 10.6 Å². The van der Waals surface area contributed by atoms with E-state index < -0.39 is 70.8 Å². The van der Waals surface area contributed by atoms with E-state index in [1.807, 2.05) is 13.8 Å². The summed E-state index contributed by atoms with van der Waals surface area (Å²) < 4.78 is 22.0. The molecule has 3 unspecified atom stereocenters. The van der Waals surface area contributed by atoms with Crippen LogP contribution in [0, 0.1) is 17.3 Å². The Hall–Kier alpha value is -3.59. The number of hydrogen-bond acceptors (Lipinski definition) is 11. The molecule has 1 aliphatic heterocycles. The fourth-order valence-corrected chi connectivity index (χ4v) is 6.18. The van der Waals surface area contributed by atoms with Crippen molar-refractivity contribution in [3.05, 3.63) is 76.3 Å². The molecule has 5 N–H and O–H groups in total. The Morgan fingerprint density at radius 1 is 1.05 bits per heavy atom. The van der Waals surface area contributed by atoms with Gasteiger partial charge in [-0.2, -0.15) is 0 Å². The van der Waals surface area contributed by atoms with Crippen molar-refractivity contribution in [2.45, 2.75) is 90.2 Å². The number of benzene rings is 2. The molecule has 2 aromatic carbocycles. The predicted octanol–water partition coefficient (Wildman–Crippen LogP) is 4.32. The van der Waals surface area contributed by atoms with Crippen molar-refractivity contribution < 1.29 is 66.6 Å². The van der Waals surface area contributed by atoms with Crippen LogP contribution in [0.2, 0.25) is 5.02 Å². The van der Waals surface area contributed by atoms with Gasteiger partial charge in [-0.3, -0.25) is 19.2 Å². The minimum atomic E-state index is -1.29. The van der Waals surface area contributed by atoms with Crippen molar-refractivity contribution in [2.24, 2.45) is 23.0 Å². The number of cyclic esters (lactones) is 2. The number of nitrogens with one attached hydrogen (secondary N) is 2. The monoisotopic (exact) mass is 842 g/mol. The van der Waals surface area contributed by atoms with Gasteiger partial charge in [0.1, 0.15) is 24.5 Å². The molecule has 13 nitrogen and oxygen atoms in total. The van der Waals surface area contributed by atoms with Crippen LogP contribution in [0.15, 0.2) is 54.6 Å². The molecule has 2 aromatic rings. The van der Waals surface area contributed by atoms with Crippen LogP contribution in [0.3, 0.4) is 0 Å². The van der Waals surface area contributed by atoms with Gasteiger partial charge in [-0.05, 0) is 61.1 Å². The second-order valence-electron chi connectivity index (χ2n) is 14.3. The second kappa shape index (κ2) is 22.2. The van der Waals surface area contributed by atoms with Crippen molar-refractivity contribution in [3.63, 3.8) is 0 Å². The third-order valence-corrected chi connectivity index (χ3v) is 9.74. The average molecular weight is 844 g/mol. The number of aliphatic hydroxyl groups is 1. The molecule has 0 aromatic heterocycles. The summed E-state index contributed by atoms with van der Waals surface area (Å²) in [6.45, 7) is 8.11. The molecule has 0 spiro atoms. The van der Waals surface area contributed by atoms with Crippen LogP contribution in [0.1, 0.15) is 69.5 Å². The molecule has 1 heterocycles. The summed E-state index contributed by atoms with van der Waals surface area (Å²) in [4.78, 5) is 65.4. The molecule has 0 saturated carbocycles. The van der Waals surface area contributed by atoms with Crippen molar-refractivity contribution in [2.75, 3.05) is 20.2 Å². The van der Waals surface area contributed by atoms with Gasteiger partial charge in [0.25, 0.3) is 0 Å². The number of alkyl halides is 1. The molecule has 0 bridgehead atoms. The molecule has 6 atom stereocenters. The number of halogens is 2. The SMILES string of the molecule is COc1ccc(C[C@H]2NC(=O)/C=C/CC([C@H](C)C(O)C(Cl)c3ccc(COC(=O)CN)cc3)OC(=O)[C@H](CC(C)C)OC(=O)C(C)(C)CNC2=O)cc1Cl.[V]. The summed E-state index contributed by atoms with van der Waals surface area (Å²) in [5.74, 6) is -3.70. The van der Waals surface area contributed by atoms with E-state index in [0.29, 0.717) is 27.5 Å². The number of rotatable bonds is 12. The van der Waals surface area contributed by atoms with E-state index in [0.717, 1.165) is 0 Å². The first-order chi connectivity index (χ1) is 25.4. The van der Waals surface area contributed by atoms with Gasteiger partial charge in [-0.25, -0.2) is 4.79 Å². The van der Waals surface area contributed by atoms with Crippen LogP contribution in [0.25, 0.3) is 0 Å². The second-order valence-corrected chi connectivity index (χ2v) is 15.2. The Balaban J connectivity index is 0.0000105. The molecule has 0 saturated heterocycles. The molecule has 0 fully saturated rings. The molecule has 55 heavy (non-hydrogen) atoms. The van der Waals surface area contributed by atoms with Crippen LogP contribution < -0.4 is 21.1 Å². The molecule has 2 amide bonds. The van der Waals surface area contributed by atoms with Crippen LogP contribution in [-0.4, -0.2) is 79.4 Å². The van der Waals surface area contributed by atoms with E-state index in [2.05, 4.69) is 10.6 Å². The number of carbonyl (C=O) groups is 5. The third kappa shape index (κ3) is 14.5. The summed E-state index contributed by atoms with van der Waals surface area (Å²) in [5.41, 5.74) is 5.89. The topological polar surface area (TPSA) is 193 Å². The predicted molar refractivity (Wildman–Crippen MR) is 202 cm³/mol. The number of nitrogens with two attached hydrogens (primary N) is 1. The number of carbonyl (C=O) groups excluding carboxylic acids is 5.